The molecule has 142 valence electrons. The van der Waals surface area contributed by atoms with Crippen molar-refractivity contribution in [1.82, 2.24) is 9.62 Å². The minimum absolute atomic E-state index is 0. The lowest BCUT2D eigenvalue weighted by Gasteiger charge is -2.33. The van der Waals surface area contributed by atoms with Crippen LogP contribution in [0.1, 0.15) is 31.7 Å². The number of likely N-dealkylation sites (tertiary alicyclic amines) is 1. The Bertz CT molecular complexity index is 654. The van der Waals surface area contributed by atoms with Gasteiger partial charge in [-0.2, -0.15) is 0 Å². The van der Waals surface area contributed by atoms with Crippen molar-refractivity contribution in [3.05, 3.63) is 29.8 Å². The SMILES string of the molecule is CNS(=O)(=O)c1ccc(CCC(=O)N2CCC(C(C)N)CC2)cc1.Cl. The summed E-state index contributed by atoms with van der Waals surface area (Å²) in [5.74, 6) is 0.667. The van der Waals surface area contributed by atoms with E-state index in [1.165, 1.54) is 7.05 Å². The maximum atomic E-state index is 12.3. The number of hydrogen-bond acceptors (Lipinski definition) is 4. The highest BCUT2D eigenvalue weighted by molar-refractivity contribution is 7.89. The largest absolute Gasteiger partial charge is 0.343 e. The van der Waals surface area contributed by atoms with Gasteiger partial charge in [-0.05, 0) is 56.8 Å². The molecule has 6 nitrogen and oxygen atoms in total. The Morgan fingerprint density at radius 1 is 1.28 bits per heavy atom. The van der Waals surface area contributed by atoms with Crippen LogP contribution < -0.4 is 10.5 Å². The smallest absolute Gasteiger partial charge is 0.240 e. The lowest BCUT2D eigenvalue weighted by atomic mass is 9.91. The van der Waals surface area contributed by atoms with Crippen molar-refractivity contribution in [1.29, 1.82) is 0 Å². The standard InChI is InChI=1S/C17H27N3O3S.ClH/c1-13(18)15-9-11-20(12-10-15)17(21)8-5-14-3-6-16(7-4-14)24(22,23)19-2;/h3-4,6-7,13,15,19H,5,8-12,18H2,1-2H3;1H. The van der Waals surface area contributed by atoms with Crippen LogP contribution in [0.15, 0.2) is 29.2 Å². The molecule has 0 bridgehead atoms. The number of carbonyl (C=O) groups is 1. The molecular formula is C17H28ClN3O3S. The average Bonchev–Trinajstić information content (AvgIpc) is 2.60. The number of amides is 1. The molecule has 1 unspecified atom stereocenters. The number of benzene rings is 1. The lowest BCUT2D eigenvalue weighted by Crippen LogP contribution is -2.42. The van der Waals surface area contributed by atoms with Crippen LogP contribution in [0.5, 0.6) is 0 Å². The van der Waals surface area contributed by atoms with E-state index in [1.54, 1.807) is 24.3 Å². The minimum Gasteiger partial charge on any atom is -0.343 e. The molecule has 3 N–H and O–H groups in total. The van der Waals surface area contributed by atoms with E-state index in [0.29, 0.717) is 18.8 Å². The first-order chi connectivity index (χ1) is 11.3. The molecule has 0 radical (unpaired) electrons. The third-order valence-corrected chi connectivity index (χ3v) is 6.20. The quantitative estimate of drug-likeness (QED) is 0.771. The number of halogens is 1. The van der Waals surface area contributed by atoms with E-state index in [-0.39, 0.29) is 29.3 Å². The Morgan fingerprint density at radius 3 is 2.32 bits per heavy atom. The van der Waals surface area contributed by atoms with Crippen molar-refractivity contribution < 1.29 is 13.2 Å². The second-order valence-electron chi connectivity index (χ2n) is 6.43. The fourth-order valence-corrected chi connectivity index (χ4v) is 3.77. The number of rotatable bonds is 6. The number of piperidine rings is 1. The van der Waals surface area contributed by atoms with E-state index >= 15 is 0 Å². The van der Waals surface area contributed by atoms with E-state index in [2.05, 4.69) is 4.72 Å². The van der Waals surface area contributed by atoms with Crippen LogP contribution in [0.4, 0.5) is 0 Å². The number of aryl methyl sites for hydroxylation is 1. The zero-order valence-electron chi connectivity index (χ0n) is 14.8. The van der Waals surface area contributed by atoms with E-state index in [0.717, 1.165) is 31.5 Å². The van der Waals surface area contributed by atoms with Gasteiger partial charge in [-0.3, -0.25) is 4.79 Å². The average molecular weight is 390 g/mol. The summed E-state index contributed by atoms with van der Waals surface area (Å²) in [4.78, 5) is 14.5. The summed E-state index contributed by atoms with van der Waals surface area (Å²) in [5, 5.41) is 0. The zero-order chi connectivity index (χ0) is 17.7. The molecule has 0 saturated carbocycles. The van der Waals surface area contributed by atoms with Gasteiger partial charge in [0.15, 0.2) is 0 Å². The third-order valence-electron chi connectivity index (χ3n) is 4.77. The normalized spacial score (nSPS) is 17.0. The van der Waals surface area contributed by atoms with Gasteiger partial charge in [0.2, 0.25) is 15.9 Å². The van der Waals surface area contributed by atoms with Crippen LogP contribution in [0.25, 0.3) is 0 Å². The van der Waals surface area contributed by atoms with Gasteiger partial charge in [-0.25, -0.2) is 13.1 Å². The predicted molar refractivity (Wildman–Crippen MR) is 101 cm³/mol. The first-order valence-electron chi connectivity index (χ1n) is 8.39. The van der Waals surface area contributed by atoms with Crippen molar-refractivity contribution in [3.8, 4) is 0 Å². The van der Waals surface area contributed by atoms with Gasteiger partial charge < -0.3 is 10.6 Å². The molecule has 1 aromatic carbocycles. The predicted octanol–water partition coefficient (Wildman–Crippen LogP) is 1.53. The van der Waals surface area contributed by atoms with Crippen molar-refractivity contribution in [2.45, 2.75) is 43.5 Å². The monoisotopic (exact) mass is 389 g/mol. The molecule has 1 aliphatic heterocycles. The molecule has 1 aromatic rings. The highest BCUT2D eigenvalue weighted by Crippen LogP contribution is 2.20. The van der Waals surface area contributed by atoms with Crippen LogP contribution in [-0.4, -0.2) is 45.4 Å². The molecular weight excluding hydrogens is 362 g/mol. The van der Waals surface area contributed by atoms with Gasteiger partial charge in [0, 0.05) is 25.6 Å². The Kier molecular flexibility index (Phi) is 8.34. The van der Waals surface area contributed by atoms with Crippen LogP contribution in [-0.2, 0) is 21.2 Å². The van der Waals surface area contributed by atoms with E-state index in [1.807, 2.05) is 11.8 Å². The zero-order valence-corrected chi connectivity index (χ0v) is 16.4. The maximum Gasteiger partial charge on any atom is 0.240 e. The van der Waals surface area contributed by atoms with Crippen LogP contribution >= 0.6 is 12.4 Å². The number of sulfonamides is 1. The van der Waals surface area contributed by atoms with Crippen molar-refractivity contribution in [2.75, 3.05) is 20.1 Å². The van der Waals surface area contributed by atoms with Gasteiger partial charge in [0.25, 0.3) is 0 Å². The van der Waals surface area contributed by atoms with Crippen LogP contribution in [0.3, 0.4) is 0 Å². The Labute approximate surface area is 156 Å². The Balaban J connectivity index is 0.00000312. The molecule has 25 heavy (non-hydrogen) atoms. The van der Waals surface area contributed by atoms with E-state index in [4.69, 9.17) is 5.73 Å². The summed E-state index contributed by atoms with van der Waals surface area (Å²) in [6.45, 7) is 3.59. The second-order valence-corrected chi connectivity index (χ2v) is 8.32. The van der Waals surface area contributed by atoms with Crippen molar-refractivity contribution in [2.24, 2.45) is 11.7 Å². The molecule has 1 heterocycles. The molecule has 0 spiro atoms. The first-order valence-corrected chi connectivity index (χ1v) is 9.87. The van der Waals surface area contributed by atoms with Gasteiger partial charge in [-0.1, -0.05) is 12.1 Å². The summed E-state index contributed by atoms with van der Waals surface area (Å²) < 4.78 is 25.6. The molecule has 1 aliphatic rings. The number of nitrogens with two attached hydrogens (primary N) is 1. The van der Waals surface area contributed by atoms with Gasteiger partial charge in [0.05, 0.1) is 4.90 Å². The minimum atomic E-state index is -3.41. The summed E-state index contributed by atoms with van der Waals surface area (Å²) >= 11 is 0. The summed E-state index contributed by atoms with van der Waals surface area (Å²) in [6.07, 6.45) is 3.01. The highest BCUT2D eigenvalue weighted by atomic mass is 35.5. The topological polar surface area (TPSA) is 92.5 Å². The van der Waals surface area contributed by atoms with Crippen molar-refractivity contribution in [3.63, 3.8) is 0 Å². The van der Waals surface area contributed by atoms with E-state index in [9.17, 15) is 13.2 Å². The Morgan fingerprint density at radius 2 is 1.84 bits per heavy atom. The van der Waals surface area contributed by atoms with Crippen LogP contribution in [0.2, 0.25) is 0 Å². The molecule has 0 aromatic heterocycles. The van der Waals surface area contributed by atoms with Crippen LogP contribution in [0, 0.1) is 5.92 Å². The molecule has 1 saturated heterocycles. The number of nitrogens with zero attached hydrogens (tertiary/aromatic N) is 1. The first kappa shape index (κ1) is 21.9. The number of carbonyl (C=O) groups excluding carboxylic acids is 1. The Hall–Kier alpha value is -1.15. The van der Waals surface area contributed by atoms with Gasteiger partial charge >= 0.3 is 0 Å². The summed E-state index contributed by atoms with van der Waals surface area (Å²) in [6, 6.07) is 6.86. The second kappa shape index (κ2) is 9.52. The lowest BCUT2D eigenvalue weighted by molar-refractivity contribution is -0.132. The molecule has 2 rings (SSSR count). The summed E-state index contributed by atoms with van der Waals surface area (Å²) in [5.41, 5.74) is 6.89. The molecule has 1 atom stereocenters. The van der Waals surface area contributed by atoms with E-state index < -0.39 is 10.0 Å². The fourth-order valence-electron chi connectivity index (χ4n) is 3.04. The third kappa shape index (κ3) is 5.95. The molecule has 0 aliphatic carbocycles. The molecule has 1 amide bonds. The maximum absolute atomic E-state index is 12.3. The number of nitrogens with one attached hydrogen (secondary N) is 1. The van der Waals surface area contributed by atoms with Gasteiger partial charge in [-0.15, -0.1) is 12.4 Å². The highest BCUT2D eigenvalue weighted by Gasteiger charge is 2.24. The molecule has 1 fully saturated rings. The number of hydrogen-bond donors (Lipinski definition) is 2. The molecule has 8 heteroatoms. The fraction of sp³-hybridized carbons (Fsp3) is 0.588. The van der Waals surface area contributed by atoms with Gasteiger partial charge in [0.1, 0.15) is 0 Å². The van der Waals surface area contributed by atoms with Crippen molar-refractivity contribution >= 4 is 28.3 Å². The summed E-state index contributed by atoms with van der Waals surface area (Å²) in [7, 11) is -2.03.